The quantitative estimate of drug-likeness (QED) is 0.526. The number of thiocarbonyl (C=S) groups is 1. The highest BCUT2D eigenvalue weighted by Gasteiger charge is 2.40. The van der Waals surface area contributed by atoms with E-state index in [1.807, 2.05) is 6.07 Å². The van der Waals surface area contributed by atoms with Crippen LogP contribution in [0, 0.1) is 0 Å². The van der Waals surface area contributed by atoms with Gasteiger partial charge in [0.25, 0.3) is 0 Å². The Hall–Kier alpha value is -2.41. The van der Waals surface area contributed by atoms with Crippen molar-refractivity contribution in [1.29, 1.82) is 0 Å². The molecule has 0 bridgehead atoms. The van der Waals surface area contributed by atoms with Crippen molar-refractivity contribution in [2.45, 2.75) is 37.5 Å². The smallest absolute Gasteiger partial charge is 0.378 e. The molecule has 2 atom stereocenters. The van der Waals surface area contributed by atoms with Crippen LogP contribution in [0.2, 0.25) is 0 Å². The van der Waals surface area contributed by atoms with Gasteiger partial charge in [0.05, 0.1) is 6.42 Å². The number of hydrogen-bond acceptors (Lipinski definition) is 2. The first-order chi connectivity index (χ1) is 13.2. The number of hydrogen-bond donors (Lipinski definition) is 2. The van der Waals surface area contributed by atoms with Gasteiger partial charge in [0.1, 0.15) is 16.9 Å². The van der Waals surface area contributed by atoms with Crippen molar-refractivity contribution in [1.82, 2.24) is 10.6 Å². The fourth-order valence-corrected chi connectivity index (χ4v) is 3.79. The lowest BCUT2D eigenvalue weighted by atomic mass is 9.88. The normalized spacial score (nSPS) is 20.8. The topological polar surface area (TPSA) is 24.1 Å². The summed E-state index contributed by atoms with van der Waals surface area (Å²) in [5.74, 6) is -0.325. The second-order valence-electron chi connectivity index (χ2n) is 7.22. The van der Waals surface area contributed by atoms with E-state index in [0.717, 1.165) is 5.56 Å². The maximum absolute atomic E-state index is 13.9. The van der Waals surface area contributed by atoms with Crippen LogP contribution in [-0.4, -0.2) is 22.7 Å². The Morgan fingerprint density at radius 2 is 1.93 bits per heavy atom. The van der Waals surface area contributed by atoms with Crippen LogP contribution in [0.15, 0.2) is 77.8 Å². The number of rotatable bonds is 5. The minimum absolute atomic E-state index is 0.157. The number of benzene rings is 1. The molecule has 0 saturated heterocycles. The van der Waals surface area contributed by atoms with Crippen molar-refractivity contribution in [3.63, 3.8) is 0 Å². The summed E-state index contributed by atoms with van der Waals surface area (Å²) in [4.78, 5) is 0.185. The number of fused-ring (bicyclic) bond motifs is 1. The molecule has 2 N–H and O–H groups in total. The van der Waals surface area contributed by atoms with Gasteiger partial charge in [0.15, 0.2) is 0 Å². The van der Waals surface area contributed by atoms with Crippen LogP contribution < -0.4 is 10.6 Å². The molecule has 1 aliphatic heterocycles. The highest BCUT2D eigenvalue weighted by atomic mass is 32.1. The maximum atomic E-state index is 13.9. The summed E-state index contributed by atoms with van der Waals surface area (Å²) in [6.07, 6.45) is 2.69. The molecule has 2 aliphatic rings. The summed E-state index contributed by atoms with van der Waals surface area (Å²) in [5.41, 5.74) is 0.644. The van der Waals surface area contributed by atoms with Gasteiger partial charge in [-0.2, -0.15) is 13.2 Å². The lowest BCUT2D eigenvalue weighted by Gasteiger charge is -2.34. The third kappa shape index (κ3) is 5.10. The lowest BCUT2D eigenvalue weighted by molar-refractivity contribution is -0.147. The van der Waals surface area contributed by atoms with Gasteiger partial charge in [-0.05, 0) is 36.6 Å². The van der Waals surface area contributed by atoms with Crippen molar-refractivity contribution in [3.8, 4) is 0 Å². The highest BCUT2D eigenvalue weighted by Crippen LogP contribution is 2.31. The minimum Gasteiger partial charge on any atom is -0.378 e. The number of dihydropyridines is 1. The summed E-state index contributed by atoms with van der Waals surface area (Å²) in [7, 11) is 0. The van der Waals surface area contributed by atoms with Gasteiger partial charge >= 0.3 is 6.18 Å². The first-order valence-corrected chi connectivity index (χ1v) is 9.21. The summed E-state index contributed by atoms with van der Waals surface area (Å²) in [6.45, 7) is 1.51. The second kappa shape index (κ2) is 7.91. The van der Waals surface area contributed by atoms with E-state index < -0.39 is 24.2 Å². The van der Waals surface area contributed by atoms with E-state index in [4.69, 9.17) is 12.2 Å². The predicted octanol–water partition coefficient (Wildman–Crippen LogP) is 5.06. The molecule has 0 fully saturated rings. The van der Waals surface area contributed by atoms with E-state index in [2.05, 4.69) is 10.6 Å². The zero-order chi connectivity index (χ0) is 20.4. The minimum atomic E-state index is -4.35. The van der Waals surface area contributed by atoms with Gasteiger partial charge in [-0.15, -0.1) is 0 Å². The molecule has 0 saturated carbocycles. The standard InChI is InChI=1S/C21H20F4N2S/c1-20(13-21(23,24)25,11-14-6-3-2-4-7-14)27-19(28)16-10-15-8-5-9-17(22)18(15)26-12-16/h2-10,12,18,26H,11,13H2,1H3,(H,27,28). The van der Waals surface area contributed by atoms with Crippen molar-refractivity contribution in [3.05, 3.63) is 83.4 Å². The van der Waals surface area contributed by atoms with Gasteiger partial charge < -0.3 is 10.6 Å². The van der Waals surface area contributed by atoms with Crippen molar-refractivity contribution in [2.24, 2.45) is 0 Å². The van der Waals surface area contributed by atoms with Crippen molar-refractivity contribution in [2.75, 3.05) is 0 Å². The summed E-state index contributed by atoms with van der Waals surface area (Å²) in [6, 6.07) is 8.39. The zero-order valence-electron chi connectivity index (χ0n) is 15.2. The average Bonchev–Trinajstić information content (AvgIpc) is 2.60. The number of allylic oxidation sites excluding steroid dienone is 2. The average molecular weight is 408 g/mol. The lowest BCUT2D eigenvalue weighted by Crippen LogP contribution is -2.50. The molecule has 1 aromatic carbocycles. The Morgan fingerprint density at radius 3 is 2.61 bits per heavy atom. The molecule has 2 nitrogen and oxygen atoms in total. The number of nitrogens with one attached hydrogen (secondary N) is 2. The van der Waals surface area contributed by atoms with Gasteiger partial charge in [-0.25, -0.2) is 4.39 Å². The molecule has 2 unspecified atom stereocenters. The van der Waals surface area contributed by atoms with E-state index in [0.29, 0.717) is 11.1 Å². The van der Waals surface area contributed by atoms with Gasteiger partial charge in [-0.3, -0.25) is 0 Å². The summed E-state index contributed by atoms with van der Waals surface area (Å²) >= 11 is 5.39. The SMILES string of the molecule is CC(Cc1ccccc1)(CC(F)(F)F)NC(=S)C1=CNC2C(F)=CC=CC2=C1. The first kappa shape index (κ1) is 20.3. The first-order valence-electron chi connectivity index (χ1n) is 8.80. The summed E-state index contributed by atoms with van der Waals surface area (Å²) in [5, 5.41) is 5.81. The van der Waals surface area contributed by atoms with E-state index in [1.165, 1.54) is 19.2 Å². The molecule has 28 heavy (non-hydrogen) atoms. The van der Waals surface area contributed by atoms with Crippen LogP contribution in [0.25, 0.3) is 0 Å². The summed E-state index contributed by atoms with van der Waals surface area (Å²) < 4.78 is 53.5. The predicted molar refractivity (Wildman–Crippen MR) is 106 cm³/mol. The monoisotopic (exact) mass is 408 g/mol. The van der Waals surface area contributed by atoms with Crippen molar-refractivity contribution >= 4 is 17.2 Å². The zero-order valence-corrected chi connectivity index (χ0v) is 16.0. The fourth-order valence-electron chi connectivity index (χ4n) is 3.42. The van der Waals surface area contributed by atoms with Crippen LogP contribution in [0.4, 0.5) is 17.6 Å². The molecular formula is C21H20F4N2S. The van der Waals surface area contributed by atoms with E-state index in [1.54, 1.807) is 42.5 Å². The number of halogens is 4. The number of alkyl halides is 3. The molecule has 3 rings (SSSR count). The van der Waals surface area contributed by atoms with Crippen LogP contribution in [-0.2, 0) is 6.42 Å². The fraction of sp³-hybridized carbons (Fsp3) is 0.286. The molecule has 0 spiro atoms. The van der Waals surface area contributed by atoms with Gasteiger partial charge in [0.2, 0.25) is 0 Å². The Kier molecular flexibility index (Phi) is 5.74. The highest BCUT2D eigenvalue weighted by molar-refractivity contribution is 7.80. The largest absolute Gasteiger partial charge is 0.391 e. The Morgan fingerprint density at radius 1 is 1.21 bits per heavy atom. The van der Waals surface area contributed by atoms with E-state index in [-0.39, 0.29) is 17.2 Å². The molecule has 1 heterocycles. The molecule has 0 radical (unpaired) electrons. The van der Waals surface area contributed by atoms with E-state index in [9.17, 15) is 17.6 Å². The molecule has 148 valence electrons. The van der Waals surface area contributed by atoms with Crippen LogP contribution >= 0.6 is 12.2 Å². The third-order valence-electron chi connectivity index (χ3n) is 4.59. The molecule has 1 aliphatic carbocycles. The Labute approximate surface area is 166 Å². The Bertz CT molecular complexity index is 868. The van der Waals surface area contributed by atoms with Gasteiger partial charge in [0, 0.05) is 17.3 Å². The molecule has 0 amide bonds. The van der Waals surface area contributed by atoms with Crippen LogP contribution in [0.1, 0.15) is 18.9 Å². The van der Waals surface area contributed by atoms with Crippen LogP contribution in [0.5, 0.6) is 0 Å². The molecule has 7 heteroatoms. The molecule has 0 aromatic heterocycles. The third-order valence-corrected chi connectivity index (χ3v) is 4.92. The van der Waals surface area contributed by atoms with Crippen molar-refractivity contribution < 1.29 is 17.6 Å². The Balaban J connectivity index is 1.79. The van der Waals surface area contributed by atoms with Gasteiger partial charge in [-0.1, -0.05) is 54.7 Å². The second-order valence-corrected chi connectivity index (χ2v) is 7.63. The van der Waals surface area contributed by atoms with E-state index >= 15 is 0 Å². The van der Waals surface area contributed by atoms with Crippen LogP contribution in [0.3, 0.4) is 0 Å². The molecular weight excluding hydrogens is 388 g/mol. The molecule has 1 aromatic rings. The maximum Gasteiger partial charge on any atom is 0.391 e.